The van der Waals surface area contributed by atoms with E-state index >= 15 is 0 Å². The maximum absolute atomic E-state index is 5.53. The van der Waals surface area contributed by atoms with Crippen LogP contribution in [0.5, 0.6) is 0 Å². The quantitative estimate of drug-likeness (QED) is 0.543. The molecule has 0 aromatic heterocycles. The Balaban J connectivity index is 2.01. The molecule has 0 spiro atoms. The molecule has 2 aliphatic rings. The molecule has 0 aromatic carbocycles. The fourth-order valence-corrected chi connectivity index (χ4v) is 4.34. The van der Waals surface area contributed by atoms with E-state index in [4.69, 9.17) is 4.74 Å². The van der Waals surface area contributed by atoms with E-state index in [0.29, 0.717) is 5.41 Å². The van der Waals surface area contributed by atoms with Crippen molar-refractivity contribution in [2.45, 2.75) is 51.4 Å². The number of hydrogen-bond donors (Lipinski definition) is 0. The molecule has 2 fully saturated rings. The van der Waals surface area contributed by atoms with Crippen LogP contribution in [0.4, 0.5) is 0 Å². The molecule has 0 aromatic rings. The Labute approximate surface area is 102 Å². The summed E-state index contributed by atoms with van der Waals surface area (Å²) in [6, 6.07) is 0. The molecule has 1 nitrogen and oxygen atoms in total. The third-order valence-corrected chi connectivity index (χ3v) is 5.59. The first kappa shape index (κ1) is 11.9. The summed E-state index contributed by atoms with van der Waals surface area (Å²) in [5, 5.41) is 1.19. The summed E-state index contributed by atoms with van der Waals surface area (Å²) in [5.41, 5.74) is 0.572. The number of rotatable bonds is 2. The molecule has 0 unspecified atom stereocenters. The van der Waals surface area contributed by atoms with Gasteiger partial charge in [0.25, 0.3) is 0 Å². The van der Waals surface area contributed by atoms with Gasteiger partial charge in [-0.05, 0) is 37.0 Å². The Hall–Kier alpha value is 0.440. The van der Waals surface area contributed by atoms with Crippen molar-refractivity contribution in [1.29, 1.82) is 0 Å². The van der Waals surface area contributed by atoms with E-state index in [2.05, 4.69) is 15.9 Å². The van der Waals surface area contributed by atoms with Crippen LogP contribution in [0.2, 0.25) is 0 Å². The highest BCUT2D eigenvalue weighted by Gasteiger charge is 2.38. The molecule has 0 atom stereocenters. The molecule has 88 valence electrons. The van der Waals surface area contributed by atoms with Crippen molar-refractivity contribution < 1.29 is 4.74 Å². The van der Waals surface area contributed by atoms with Gasteiger partial charge in [0, 0.05) is 18.5 Å². The van der Waals surface area contributed by atoms with Crippen LogP contribution in [0.15, 0.2) is 0 Å². The average Bonchev–Trinajstić information content (AvgIpc) is 2.59. The molecule has 1 aliphatic heterocycles. The van der Waals surface area contributed by atoms with E-state index in [9.17, 15) is 0 Å². The van der Waals surface area contributed by atoms with E-state index in [-0.39, 0.29) is 0 Å². The molecule has 0 N–H and O–H groups in total. The van der Waals surface area contributed by atoms with Gasteiger partial charge in [0.05, 0.1) is 0 Å². The molecule has 2 rings (SSSR count). The van der Waals surface area contributed by atoms with Gasteiger partial charge in [0.15, 0.2) is 0 Å². The zero-order valence-electron chi connectivity index (χ0n) is 9.64. The van der Waals surface area contributed by atoms with Crippen LogP contribution in [-0.4, -0.2) is 18.5 Å². The van der Waals surface area contributed by atoms with Crippen LogP contribution in [-0.2, 0) is 4.74 Å². The normalized spacial score (nSPS) is 28.6. The Morgan fingerprint density at radius 3 is 2.13 bits per heavy atom. The van der Waals surface area contributed by atoms with E-state index in [1.807, 2.05) is 0 Å². The number of alkyl halides is 1. The summed E-state index contributed by atoms with van der Waals surface area (Å²) in [7, 11) is 0. The van der Waals surface area contributed by atoms with Crippen molar-refractivity contribution in [3.05, 3.63) is 0 Å². The minimum Gasteiger partial charge on any atom is -0.381 e. The Kier molecular flexibility index (Phi) is 4.51. The maximum Gasteiger partial charge on any atom is 0.0471 e. The fraction of sp³-hybridized carbons (Fsp3) is 1.00. The molecular weight excluding hydrogens is 252 g/mol. The van der Waals surface area contributed by atoms with E-state index < -0.39 is 0 Å². The molecule has 0 bridgehead atoms. The van der Waals surface area contributed by atoms with Gasteiger partial charge >= 0.3 is 0 Å². The summed E-state index contributed by atoms with van der Waals surface area (Å²) in [6.45, 7) is 1.98. The molecule has 0 radical (unpaired) electrons. The lowest BCUT2D eigenvalue weighted by molar-refractivity contribution is -0.00817. The van der Waals surface area contributed by atoms with Gasteiger partial charge in [-0.1, -0.05) is 41.6 Å². The van der Waals surface area contributed by atoms with Crippen molar-refractivity contribution in [3.8, 4) is 0 Å². The lowest BCUT2D eigenvalue weighted by atomic mass is 9.68. The zero-order valence-corrected chi connectivity index (χ0v) is 11.2. The average molecular weight is 275 g/mol. The highest BCUT2D eigenvalue weighted by Crippen LogP contribution is 2.45. The second-order valence-corrected chi connectivity index (χ2v) is 5.86. The van der Waals surface area contributed by atoms with Crippen molar-refractivity contribution >= 4 is 15.9 Å². The SMILES string of the molecule is BrCC1(C2CCCCCC2)CCOCC1. The molecule has 2 heteroatoms. The lowest BCUT2D eigenvalue weighted by Crippen LogP contribution is -2.38. The van der Waals surface area contributed by atoms with E-state index in [1.54, 1.807) is 0 Å². The predicted octanol–water partition coefficient (Wildman–Crippen LogP) is 4.15. The van der Waals surface area contributed by atoms with Gasteiger partial charge in [-0.15, -0.1) is 0 Å². The third-order valence-electron chi connectivity index (χ3n) is 4.48. The first-order valence-electron chi connectivity index (χ1n) is 6.51. The van der Waals surface area contributed by atoms with Crippen LogP contribution in [0.3, 0.4) is 0 Å². The van der Waals surface area contributed by atoms with Gasteiger partial charge in [-0.2, -0.15) is 0 Å². The summed E-state index contributed by atoms with van der Waals surface area (Å²) in [4.78, 5) is 0. The first-order valence-corrected chi connectivity index (χ1v) is 7.63. The van der Waals surface area contributed by atoms with Crippen molar-refractivity contribution in [2.24, 2.45) is 11.3 Å². The molecule has 1 saturated heterocycles. The van der Waals surface area contributed by atoms with Crippen molar-refractivity contribution in [2.75, 3.05) is 18.5 Å². The first-order chi connectivity index (χ1) is 7.37. The van der Waals surface area contributed by atoms with Gasteiger partial charge in [0.2, 0.25) is 0 Å². The molecule has 1 aliphatic carbocycles. The van der Waals surface area contributed by atoms with E-state index in [0.717, 1.165) is 19.1 Å². The molecule has 0 amide bonds. The van der Waals surface area contributed by atoms with Crippen LogP contribution < -0.4 is 0 Å². The smallest absolute Gasteiger partial charge is 0.0471 e. The minimum atomic E-state index is 0.572. The number of hydrogen-bond acceptors (Lipinski definition) is 1. The Morgan fingerprint density at radius 1 is 1.00 bits per heavy atom. The number of halogens is 1. The molecular formula is C13H23BrO. The van der Waals surface area contributed by atoms with Crippen molar-refractivity contribution in [1.82, 2.24) is 0 Å². The third kappa shape index (κ3) is 2.76. The Bertz CT molecular complexity index is 179. The van der Waals surface area contributed by atoms with Gasteiger partial charge in [-0.3, -0.25) is 0 Å². The standard InChI is InChI=1S/C13H23BrO/c14-11-13(7-9-15-10-8-13)12-5-3-1-2-4-6-12/h12H,1-11H2. The van der Waals surface area contributed by atoms with Crippen LogP contribution >= 0.6 is 15.9 Å². The fourth-order valence-electron chi connectivity index (χ4n) is 3.32. The summed E-state index contributed by atoms with van der Waals surface area (Å²) in [5.74, 6) is 0.961. The van der Waals surface area contributed by atoms with E-state index in [1.165, 1.54) is 56.7 Å². The summed E-state index contributed by atoms with van der Waals surface area (Å²) >= 11 is 3.77. The summed E-state index contributed by atoms with van der Waals surface area (Å²) in [6.07, 6.45) is 11.3. The summed E-state index contributed by atoms with van der Waals surface area (Å²) < 4.78 is 5.53. The monoisotopic (exact) mass is 274 g/mol. The van der Waals surface area contributed by atoms with Crippen LogP contribution in [0.1, 0.15) is 51.4 Å². The maximum atomic E-state index is 5.53. The molecule has 1 heterocycles. The largest absolute Gasteiger partial charge is 0.381 e. The van der Waals surface area contributed by atoms with Gasteiger partial charge in [-0.25, -0.2) is 0 Å². The zero-order chi connectivity index (χ0) is 10.6. The van der Waals surface area contributed by atoms with Crippen molar-refractivity contribution in [3.63, 3.8) is 0 Å². The Morgan fingerprint density at radius 2 is 1.60 bits per heavy atom. The van der Waals surface area contributed by atoms with Gasteiger partial charge < -0.3 is 4.74 Å². The molecule has 15 heavy (non-hydrogen) atoms. The topological polar surface area (TPSA) is 9.23 Å². The second kappa shape index (κ2) is 5.67. The highest BCUT2D eigenvalue weighted by molar-refractivity contribution is 9.09. The second-order valence-electron chi connectivity index (χ2n) is 5.30. The lowest BCUT2D eigenvalue weighted by Gasteiger charge is -2.42. The minimum absolute atomic E-state index is 0.572. The number of ether oxygens (including phenoxy) is 1. The van der Waals surface area contributed by atoms with Crippen LogP contribution in [0.25, 0.3) is 0 Å². The van der Waals surface area contributed by atoms with Gasteiger partial charge in [0.1, 0.15) is 0 Å². The molecule has 1 saturated carbocycles. The van der Waals surface area contributed by atoms with Crippen LogP contribution in [0, 0.1) is 11.3 Å². The predicted molar refractivity (Wildman–Crippen MR) is 67.5 cm³/mol. The highest BCUT2D eigenvalue weighted by atomic mass is 79.9.